The normalized spacial score (nSPS) is 12.8. The number of nitrogens with zero attached hydrogens (tertiary/aromatic N) is 3. The molecule has 3 N–H and O–H groups in total. The van der Waals surface area contributed by atoms with Gasteiger partial charge in [0.25, 0.3) is 0 Å². The minimum absolute atomic E-state index is 0.182. The number of hydrogen-bond donors (Lipinski definition) is 3. The maximum absolute atomic E-state index is 5.53. The van der Waals surface area contributed by atoms with E-state index in [1.807, 2.05) is 6.92 Å². The molecular weight excluding hydrogens is 256 g/mol. The smallest absolute Gasteiger partial charge is 0.226 e. The highest BCUT2D eigenvalue weighted by atomic mass is 16.5. The maximum Gasteiger partial charge on any atom is 0.226 e. The molecule has 0 saturated carbocycles. The van der Waals surface area contributed by atoms with E-state index in [-0.39, 0.29) is 6.04 Å². The maximum atomic E-state index is 5.53. The second-order valence-electron chi connectivity index (χ2n) is 4.90. The van der Waals surface area contributed by atoms with Crippen LogP contribution in [0.5, 0.6) is 0 Å². The van der Waals surface area contributed by atoms with Crippen molar-refractivity contribution in [1.82, 2.24) is 19.9 Å². The SMILES string of the molecule is CCOCC(Nc1nc(NC)nc2nc[nH]c12)C(C)C. The third-order valence-corrected chi connectivity index (χ3v) is 3.14. The van der Waals surface area contributed by atoms with Crippen molar-refractivity contribution in [3.05, 3.63) is 6.33 Å². The van der Waals surface area contributed by atoms with Gasteiger partial charge in [-0.1, -0.05) is 13.8 Å². The molecule has 1 atom stereocenters. The van der Waals surface area contributed by atoms with Gasteiger partial charge in [0.1, 0.15) is 5.52 Å². The summed E-state index contributed by atoms with van der Waals surface area (Å²) in [4.78, 5) is 16.0. The molecule has 0 bridgehead atoms. The zero-order chi connectivity index (χ0) is 14.5. The lowest BCUT2D eigenvalue weighted by Crippen LogP contribution is -2.31. The van der Waals surface area contributed by atoms with Crippen molar-refractivity contribution >= 4 is 22.9 Å². The zero-order valence-electron chi connectivity index (χ0n) is 12.4. The highest BCUT2D eigenvalue weighted by molar-refractivity contribution is 5.83. The van der Waals surface area contributed by atoms with Crippen LogP contribution in [-0.4, -0.2) is 46.2 Å². The van der Waals surface area contributed by atoms with Gasteiger partial charge in [-0.25, -0.2) is 4.98 Å². The first-order valence-corrected chi connectivity index (χ1v) is 6.88. The highest BCUT2D eigenvalue weighted by Gasteiger charge is 2.17. The Bertz CT molecular complexity index is 553. The topological polar surface area (TPSA) is 87.8 Å². The summed E-state index contributed by atoms with van der Waals surface area (Å²) < 4.78 is 5.53. The van der Waals surface area contributed by atoms with Crippen LogP contribution >= 0.6 is 0 Å². The molecule has 2 aromatic heterocycles. The van der Waals surface area contributed by atoms with Gasteiger partial charge in [-0.15, -0.1) is 0 Å². The molecule has 0 amide bonds. The highest BCUT2D eigenvalue weighted by Crippen LogP contribution is 2.20. The number of anilines is 2. The Labute approximate surface area is 118 Å². The van der Waals surface area contributed by atoms with E-state index in [1.165, 1.54) is 0 Å². The van der Waals surface area contributed by atoms with Gasteiger partial charge in [0.2, 0.25) is 5.95 Å². The minimum Gasteiger partial charge on any atom is -0.380 e. The van der Waals surface area contributed by atoms with Gasteiger partial charge < -0.3 is 20.4 Å². The second-order valence-corrected chi connectivity index (χ2v) is 4.90. The molecule has 0 aromatic carbocycles. The van der Waals surface area contributed by atoms with Gasteiger partial charge in [0.05, 0.1) is 19.0 Å². The van der Waals surface area contributed by atoms with E-state index >= 15 is 0 Å². The van der Waals surface area contributed by atoms with Gasteiger partial charge >= 0.3 is 0 Å². The number of aromatic nitrogens is 4. The first-order valence-electron chi connectivity index (χ1n) is 6.88. The third kappa shape index (κ3) is 3.16. The average Bonchev–Trinajstić information content (AvgIpc) is 2.91. The largest absolute Gasteiger partial charge is 0.380 e. The molecule has 7 heteroatoms. The number of rotatable bonds is 7. The van der Waals surface area contributed by atoms with Crippen LogP contribution in [0.3, 0.4) is 0 Å². The predicted molar refractivity (Wildman–Crippen MR) is 80.0 cm³/mol. The van der Waals surface area contributed by atoms with Crippen LogP contribution in [0.4, 0.5) is 11.8 Å². The predicted octanol–water partition coefficient (Wildman–Crippen LogP) is 1.87. The number of ether oxygens (including phenoxy) is 1. The Morgan fingerprint density at radius 1 is 1.35 bits per heavy atom. The molecule has 110 valence electrons. The summed E-state index contributed by atoms with van der Waals surface area (Å²) in [6.45, 7) is 7.65. The fraction of sp³-hybridized carbons (Fsp3) is 0.615. The molecule has 0 aliphatic rings. The number of imidazole rings is 1. The lowest BCUT2D eigenvalue weighted by atomic mass is 10.1. The van der Waals surface area contributed by atoms with E-state index in [2.05, 4.69) is 44.4 Å². The standard InChI is InChI=1S/C13H22N6O/c1-5-20-6-9(8(2)3)17-12-10-11(16-7-15-10)18-13(14-4)19-12/h7-9H,5-6H2,1-4H3,(H3,14,15,16,17,18,19). The number of nitrogens with one attached hydrogen (secondary N) is 3. The van der Waals surface area contributed by atoms with Crippen molar-refractivity contribution in [3.63, 3.8) is 0 Å². The van der Waals surface area contributed by atoms with E-state index < -0.39 is 0 Å². The lowest BCUT2D eigenvalue weighted by Gasteiger charge is -2.23. The molecule has 20 heavy (non-hydrogen) atoms. The molecule has 2 rings (SSSR count). The van der Waals surface area contributed by atoms with Gasteiger partial charge in [-0.05, 0) is 12.8 Å². The van der Waals surface area contributed by atoms with E-state index in [0.29, 0.717) is 30.7 Å². The van der Waals surface area contributed by atoms with Crippen molar-refractivity contribution < 1.29 is 4.74 Å². The first kappa shape index (κ1) is 14.5. The molecule has 1 unspecified atom stereocenters. The summed E-state index contributed by atoms with van der Waals surface area (Å²) in [5, 5.41) is 6.38. The van der Waals surface area contributed by atoms with Crippen LogP contribution in [0.2, 0.25) is 0 Å². The van der Waals surface area contributed by atoms with E-state index in [4.69, 9.17) is 4.74 Å². The third-order valence-electron chi connectivity index (χ3n) is 3.14. The zero-order valence-corrected chi connectivity index (χ0v) is 12.4. The molecular formula is C13H22N6O. The number of fused-ring (bicyclic) bond motifs is 1. The molecule has 0 aliphatic heterocycles. The molecule has 2 aromatic rings. The van der Waals surface area contributed by atoms with Gasteiger partial charge in [0, 0.05) is 13.7 Å². The Morgan fingerprint density at radius 2 is 2.15 bits per heavy atom. The molecule has 0 fully saturated rings. The Morgan fingerprint density at radius 3 is 2.80 bits per heavy atom. The van der Waals surface area contributed by atoms with Crippen molar-refractivity contribution in [3.8, 4) is 0 Å². The summed E-state index contributed by atoms with van der Waals surface area (Å²) in [5.41, 5.74) is 1.46. The van der Waals surface area contributed by atoms with E-state index in [9.17, 15) is 0 Å². The first-order chi connectivity index (χ1) is 9.65. The fourth-order valence-electron chi connectivity index (χ4n) is 1.87. The summed E-state index contributed by atoms with van der Waals surface area (Å²) in [6, 6.07) is 0.182. The van der Waals surface area contributed by atoms with Crippen molar-refractivity contribution in [1.29, 1.82) is 0 Å². The average molecular weight is 278 g/mol. The van der Waals surface area contributed by atoms with Crippen LogP contribution in [0.1, 0.15) is 20.8 Å². The van der Waals surface area contributed by atoms with Crippen LogP contribution in [-0.2, 0) is 4.74 Å². The number of hydrogen-bond acceptors (Lipinski definition) is 6. The van der Waals surface area contributed by atoms with Crippen LogP contribution in [0.25, 0.3) is 11.2 Å². The molecule has 0 radical (unpaired) electrons. The van der Waals surface area contributed by atoms with E-state index in [1.54, 1.807) is 13.4 Å². The van der Waals surface area contributed by atoms with Crippen molar-refractivity contribution in [2.45, 2.75) is 26.8 Å². The molecule has 0 aliphatic carbocycles. The monoisotopic (exact) mass is 278 g/mol. The fourth-order valence-corrected chi connectivity index (χ4v) is 1.87. The Hall–Kier alpha value is -1.89. The lowest BCUT2D eigenvalue weighted by molar-refractivity contribution is 0.126. The van der Waals surface area contributed by atoms with E-state index in [0.717, 1.165) is 11.3 Å². The molecule has 2 heterocycles. The number of aromatic amines is 1. The summed E-state index contributed by atoms with van der Waals surface area (Å²) in [6.07, 6.45) is 1.62. The summed E-state index contributed by atoms with van der Waals surface area (Å²) in [5.74, 6) is 1.72. The quantitative estimate of drug-likeness (QED) is 0.716. The van der Waals surface area contributed by atoms with Crippen molar-refractivity contribution in [2.75, 3.05) is 30.9 Å². The molecule has 0 spiro atoms. The van der Waals surface area contributed by atoms with Crippen LogP contribution in [0, 0.1) is 5.92 Å². The van der Waals surface area contributed by atoms with Gasteiger partial charge in [-0.3, -0.25) is 0 Å². The van der Waals surface area contributed by atoms with Gasteiger partial charge in [-0.2, -0.15) is 9.97 Å². The van der Waals surface area contributed by atoms with Crippen LogP contribution in [0.15, 0.2) is 6.33 Å². The molecule has 0 saturated heterocycles. The Balaban J connectivity index is 2.28. The van der Waals surface area contributed by atoms with Crippen LogP contribution < -0.4 is 10.6 Å². The molecule has 7 nitrogen and oxygen atoms in total. The summed E-state index contributed by atoms with van der Waals surface area (Å²) >= 11 is 0. The Kier molecular flexibility index (Phi) is 4.73. The minimum atomic E-state index is 0.182. The van der Waals surface area contributed by atoms with Crippen molar-refractivity contribution in [2.24, 2.45) is 5.92 Å². The summed E-state index contributed by atoms with van der Waals surface area (Å²) in [7, 11) is 1.79. The number of H-pyrrole nitrogens is 1. The second kappa shape index (κ2) is 6.51. The van der Waals surface area contributed by atoms with Gasteiger partial charge in [0.15, 0.2) is 11.5 Å².